The monoisotopic (exact) mass is 287 g/mol. The number of nitrogens with zero attached hydrogens (tertiary/aromatic N) is 3. The third-order valence-corrected chi connectivity index (χ3v) is 3.28. The number of hydrogen-bond donors (Lipinski definition) is 0. The number of hydrogen-bond acceptors (Lipinski definition) is 3. The highest BCUT2D eigenvalue weighted by molar-refractivity contribution is 5.80. The van der Waals surface area contributed by atoms with Gasteiger partial charge in [0, 0.05) is 12.4 Å². The molecule has 3 aromatic rings. The minimum absolute atomic E-state index is 0.729. The summed E-state index contributed by atoms with van der Waals surface area (Å²) in [6.07, 6.45) is 5.40. The molecule has 0 unspecified atom stereocenters. The van der Waals surface area contributed by atoms with Crippen LogP contribution in [0.2, 0.25) is 0 Å². The lowest BCUT2D eigenvalue weighted by Gasteiger charge is -2.19. The molecule has 0 aliphatic rings. The lowest BCUT2D eigenvalue weighted by atomic mass is 10.2. The van der Waals surface area contributed by atoms with E-state index in [4.69, 9.17) is 0 Å². The zero-order valence-electron chi connectivity index (χ0n) is 12.2. The summed E-state index contributed by atoms with van der Waals surface area (Å²) in [5.41, 5.74) is 3.32. The summed E-state index contributed by atoms with van der Waals surface area (Å²) in [5.74, 6) is 0. The average molecular weight is 287 g/mol. The van der Waals surface area contributed by atoms with Crippen molar-refractivity contribution in [1.29, 1.82) is 0 Å². The number of benzene rings is 2. The molecule has 0 N–H and O–H groups in total. The molecule has 0 amide bonds. The van der Waals surface area contributed by atoms with Crippen molar-refractivity contribution in [3.63, 3.8) is 0 Å². The summed E-state index contributed by atoms with van der Waals surface area (Å²) in [4.78, 5) is 4.02. The molecule has 1 aromatic heterocycles. The number of aromatic nitrogens is 1. The smallest absolute Gasteiger partial charge is 0.0666 e. The minimum atomic E-state index is 0.729. The number of para-hydroxylation sites is 1. The summed E-state index contributed by atoms with van der Waals surface area (Å²) in [6, 6.07) is 24.4. The lowest BCUT2D eigenvalue weighted by molar-refractivity contribution is 0.858. The number of hydrazone groups is 1. The first-order valence-electron chi connectivity index (χ1n) is 7.22. The van der Waals surface area contributed by atoms with Crippen LogP contribution in [-0.2, 0) is 6.54 Å². The Bertz CT molecular complexity index is 709. The van der Waals surface area contributed by atoms with E-state index in [1.807, 2.05) is 59.8 Å². The van der Waals surface area contributed by atoms with E-state index in [2.05, 4.69) is 34.4 Å². The summed E-state index contributed by atoms with van der Waals surface area (Å²) in [6.45, 7) is 0.729. The Balaban J connectivity index is 1.85. The zero-order valence-corrected chi connectivity index (χ0v) is 12.2. The Kier molecular flexibility index (Phi) is 4.57. The first-order chi connectivity index (χ1) is 10.9. The minimum Gasteiger partial charge on any atom is -0.265 e. The van der Waals surface area contributed by atoms with Crippen LogP contribution in [0.1, 0.15) is 11.1 Å². The molecule has 3 rings (SSSR count). The summed E-state index contributed by atoms with van der Waals surface area (Å²) in [7, 11) is 0. The number of pyridine rings is 1. The maximum Gasteiger partial charge on any atom is 0.0666 e. The van der Waals surface area contributed by atoms with Crippen molar-refractivity contribution in [1.82, 2.24) is 4.98 Å². The van der Waals surface area contributed by atoms with Gasteiger partial charge < -0.3 is 0 Å². The van der Waals surface area contributed by atoms with Crippen LogP contribution >= 0.6 is 0 Å². The fourth-order valence-electron chi connectivity index (χ4n) is 2.14. The number of rotatable bonds is 5. The van der Waals surface area contributed by atoms with Crippen molar-refractivity contribution in [2.24, 2.45) is 5.10 Å². The standard InChI is InChI=1S/C19H17N3/c1-3-7-18(8-4-1)16-22(19-9-5-2-6-10-19)21-15-17-11-13-20-14-12-17/h1-15H,16H2. The molecule has 108 valence electrons. The first kappa shape index (κ1) is 14.0. The van der Waals surface area contributed by atoms with Gasteiger partial charge in [-0.1, -0.05) is 48.5 Å². The van der Waals surface area contributed by atoms with Gasteiger partial charge in [-0.2, -0.15) is 5.10 Å². The van der Waals surface area contributed by atoms with Gasteiger partial charge in [0.1, 0.15) is 0 Å². The van der Waals surface area contributed by atoms with Gasteiger partial charge >= 0.3 is 0 Å². The van der Waals surface area contributed by atoms with E-state index in [1.54, 1.807) is 12.4 Å². The van der Waals surface area contributed by atoms with Crippen LogP contribution < -0.4 is 5.01 Å². The fraction of sp³-hybridized carbons (Fsp3) is 0.0526. The molecule has 2 aromatic carbocycles. The Labute approximate surface area is 130 Å². The fourth-order valence-corrected chi connectivity index (χ4v) is 2.14. The maximum absolute atomic E-state index is 4.64. The first-order valence-corrected chi connectivity index (χ1v) is 7.22. The van der Waals surface area contributed by atoms with Crippen LogP contribution in [0.15, 0.2) is 90.3 Å². The van der Waals surface area contributed by atoms with Crippen LogP contribution in [0.4, 0.5) is 5.69 Å². The van der Waals surface area contributed by atoms with Gasteiger partial charge in [-0.05, 0) is 35.4 Å². The largest absolute Gasteiger partial charge is 0.265 e. The predicted molar refractivity (Wildman–Crippen MR) is 90.9 cm³/mol. The van der Waals surface area contributed by atoms with Gasteiger partial charge in [0.25, 0.3) is 0 Å². The number of anilines is 1. The third kappa shape index (κ3) is 3.79. The normalized spacial score (nSPS) is 10.7. The highest BCUT2D eigenvalue weighted by Crippen LogP contribution is 2.17. The molecule has 0 spiro atoms. The summed E-state index contributed by atoms with van der Waals surface area (Å²) in [5, 5.41) is 6.64. The Morgan fingerprint density at radius 3 is 2.14 bits per heavy atom. The molecule has 0 bridgehead atoms. The van der Waals surface area contributed by atoms with E-state index in [0.29, 0.717) is 0 Å². The quantitative estimate of drug-likeness (QED) is 0.521. The van der Waals surface area contributed by atoms with Gasteiger partial charge in [0.2, 0.25) is 0 Å². The second-order valence-corrected chi connectivity index (χ2v) is 4.90. The topological polar surface area (TPSA) is 28.5 Å². The Hall–Kier alpha value is -2.94. The van der Waals surface area contributed by atoms with Crippen LogP contribution in [0.5, 0.6) is 0 Å². The SMILES string of the molecule is C(=NN(Cc1ccccc1)c1ccccc1)c1ccncc1. The molecule has 0 aliphatic heterocycles. The van der Waals surface area contributed by atoms with Gasteiger partial charge in [0.15, 0.2) is 0 Å². The molecule has 0 saturated carbocycles. The van der Waals surface area contributed by atoms with E-state index in [-0.39, 0.29) is 0 Å². The lowest BCUT2D eigenvalue weighted by Crippen LogP contribution is -2.15. The molecule has 3 nitrogen and oxygen atoms in total. The van der Waals surface area contributed by atoms with Crippen molar-refractivity contribution in [2.45, 2.75) is 6.54 Å². The van der Waals surface area contributed by atoms with Crippen molar-refractivity contribution in [3.8, 4) is 0 Å². The molecule has 0 saturated heterocycles. The van der Waals surface area contributed by atoms with Crippen LogP contribution in [-0.4, -0.2) is 11.2 Å². The van der Waals surface area contributed by atoms with Gasteiger partial charge in [-0.3, -0.25) is 9.99 Å². The summed E-state index contributed by atoms with van der Waals surface area (Å²) >= 11 is 0. The molecule has 0 aliphatic carbocycles. The van der Waals surface area contributed by atoms with Gasteiger partial charge in [-0.25, -0.2) is 0 Å². The molecule has 3 heteroatoms. The van der Waals surface area contributed by atoms with Crippen LogP contribution in [0, 0.1) is 0 Å². The average Bonchev–Trinajstić information content (AvgIpc) is 2.61. The molecule has 1 heterocycles. The summed E-state index contributed by atoms with van der Waals surface area (Å²) < 4.78 is 0. The highest BCUT2D eigenvalue weighted by atomic mass is 15.4. The van der Waals surface area contributed by atoms with Gasteiger partial charge in [0.05, 0.1) is 18.4 Å². The maximum atomic E-state index is 4.64. The zero-order chi connectivity index (χ0) is 15.0. The van der Waals surface area contributed by atoms with Crippen molar-refractivity contribution >= 4 is 11.9 Å². The van der Waals surface area contributed by atoms with E-state index in [1.165, 1.54) is 5.56 Å². The third-order valence-electron chi connectivity index (χ3n) is 3.28. The highest BCUT2D eigenvalue weighted by Gasteiger charge is 2.04. The molecule has 0 fully saturated rings. The predicted octanol–water partition coefficient (Wildman–Crippen LogP) is 4.12. The van der Waals surface area contributed by atoms with Crippen molar-refractivity contribution in [2.75, 3.05) is 5.01 Å². The van der Waals surface area contributed by atoms with Gasteiger partial charge in [-0.15, -0.1) is 0 Å². The molecule has 0 atom stereocenters. The van der Waals surface area contributed by atoms with Crippen molar-refractivity contribution < 1.29 is 0 Å². The van der Waals surface area contributed by atoms with Crippen molar-refractivity contribution in [3.05, 3.63) is 96.3 Å². The molecule has 0 radical (unpaired) electrons. The van der Waals surface area contributed by atoms with Crippen LogP contribution in [0.25, 0.3) is 0 Å². The molecular weight excluding hydrogens is 270 g/mol. The second-order valence-electron chi connectivity index (χ2n) is 4.90. The Morgan fingerprint density at radius 2 is 1.45 bits per heavy atom. The second kappa shape index (κ2) is 7.18. The van der Waals surface area contributed by atoms with E-state index in [0.717, 1.165) is 17.8 Å². The van der Waals surface area contributed by atoms with E-state index < -0.39 is 0 Å². The molecular formula is C19H17N3. The van der Waals surface area contributed by atoms with Crippen LogP contribution in [0.3, 0.4) is 0 Å². The van der Waals surface area contributed by atoms with E-state index >= 15 is 0 Å². The Morgan fingerprint density at radius 1 is 0.818 bits per heavy atom. The van der Waals surface area contributed by atoms with E-state index in [9.17, 15) is 0 Å². The molecule has 22 heavy (non-hydrogen) atoms.